The van der Waals surface area contributed by atoms with Gasteiger partial charge >= 0.3 is 0 Å². The quantitative estimate of drug-likeness (QED) is 0.482. The van der Waals surface area contributed by atoms with Crippen LogP contribution in [0.3, 0.4) is 0 Å². The molecule has 0 unspecified atom stereocenters. The molecule has 130 valence electrons. The molecule has 0 saturated carbocycles. The molecular weight excluding hydrogens is 290 g/mol. The normalized spacial score (nSPS) is 12.1. The summed E-state index contributed by atoms with van der Waals surface area (Å²) in [6, 6.07) is 8.02. The number of aliphatic imine (C=N–C) groups is 1. The Morgan fingerprint density at radius 3 is 2.48 bits per heavy atom. The van der Waals surface area contributed by atoms with E-state index in [0.717, 1.165) is 36.8 Å². The third-order valence-corrected chi connectivity index (χ3v) is 4.07. The highest BCUT2D eigenvalue weighted by Crippen LogP contribution is 2.17. The predicted octanol–water partition coefficient (Wildman–Crippen LogP) is 2.34. The van der Waals surface area contributed by atoms with Gasteiger partial charge in [0, 0.05) is 13.1 Å². The second-order valence-corrected chi connectivity index (χ2v) is 5.62. The van der Waals surface area contributed by atoms with Crippen molar-refractivity contribution in [1.29, 1.82) is 0 Å². The number of rotatable bonds is 9. The topological polar surface area (TPSA) is 65.9 Å². The summed E-state index contributed by atoms with van der Waals surface area (Å²) >= 11 is 0. The molecular formula is C18H31N3O2. The van der Waals surface area contributed by atoms with Crippen LogP contribution in [-0.4, -0.2) is 43.4 Å². The lowest BCUT2D eigenvalue weighted by Gasteiger charge is -2.23. The molecule has 1 aromatic rings. The predicted molar refractivity (Wildman–Crippen MR) is 96.2 cm³/mol. The van der Waals surface area contributed by atoms with Crippen molar-refractivity contribution >= 4 is 5.96 Å². The highest BCUT2D eigenvalue weighted by molar-refractivity contribution is 5.79. The number of ether oxygens (including phenoxy) is 1. The average Bonchev–Trinajstić information content (AvgIpc) is 2.59. The first-order valence-electron chi connectivity index (χ1n) is 8.45. The highest BCUT2D eigenvalue weighted by Gasteiger charge is 2.21. The van der Waals surface area contributed by atoms with Crippen LogP contribution < -0.4 is 15.4 Å². The Morgan fingerprint density at radius 2 is 1.87 bits per heavy atom. The zero-order chi connectivity index (χ0) is 17.1. The lowest BCUT2D eigenvalue weighted by molar-refractivity contribution is 0.0418. The van der Waals surface area contributed by atoms with E-state index in [0.29, 0.717) is 19.4 Å². The van der Waals surface area contributed by atoms with Crippen LogP contribution >= 0.6 is 0 Å². The van der Waals surface area contributed by atoms with Crippen LogP contribution in [0, 0.1) is 0 Å². The summed E-state index contributed by atoms with van der Waals surface area (Å²) in [4.78, 5) is 4.51. The molecule has 0 aliphatic heterocycles. The first kappa shape index (κ1) is 19.3. The minimum absolute atomic E-state index is 0.407. The molecule has 1 rings (SSSR count). The Kier molecular flexibility index (Phi) is 8.48. The van der Waals surface area contributed by atoms with Crippen molar-refractivity contribution in [2.24, 2.45) is 4.99 Å². The first-order valence-corrected chi connectivity index (χ1v) is 8.45. The summed E-state index contributed by atoms with van der Waals surface area (Å²) in [6.07, 6.45) is 2.25. The van der Waals surface area contributed by atoms with E-state index in [1.54, 1.807) is 7.11 Å². The molecule has 0 aromatic heterocycles. The summed E-state index contributed by atoms with van der Waals surface area (Å²) in [6.45, 7) is 7.95. The fraction of sp³-hybridized carbons (Fsp3) is 0.611. The molecule has 0 bridgehead atoms. The molecule has 0 aliphatic carbocycles. The lowest BCUT2D eigenvalue weighted by Crippen LogP contribution is -2.40. The largest absolute Gasteiger partial charge is 0.496 e. The van der Waals surface area contributed by atoms with Crippen LogP contribution in [0.15, 0.2) is 29.3 Å². The van der Waals surface area contributed by atoms with Crippen LogP contribution in [0.4, 0.5) is 0 Å². The molecule has 23 heavy (non-hydrogen) atoms. The second-order valence-electron chi connectivity index (χ2n) is 5.62. The van der Waals surface area contributed by atoms with Crippen LogP contribution in [0.5, 0.6) is 5.75 Å². The minimum Gasteiger partial charge on any atom is -0.496 e. The van der Waals surface area contributed by atoms with Gasteiger partial charge in [-0.2, -0.15) is 0 Å². The standard InChI is InChI=1S/C18H31N3O2/c1-5-18(22,6-2)14-21-17(19-7-3)20-13-12-15-10-8-9-11-16(15)23-4/h8-11,22H,5-7,12-14H2,1-4H3,(H2,19,20,21). The Hall–Kier alpha value is -1.75. The van der Waals surface area contributed by atoms with Crippen molar-refractivity contribution in [3.63, 3.8) is 0 Å². The Labute approximate surface area is 140 Å². The first-order chi connectivity index (χ1) is 11.1. The number of hydrogen-bond acceptors (Lipinski definition) is 3. The van der Waals surface area contributed by atoms with Crippen LogP contribution in [0.1, 0.15) is 39.2 Å². The summed E-state index contributed by atoms with van der Waals surface area (Å²) in [5.74, 6) is 1.64. The number of guanidine groups is 1. The van der Waals surface area contributed by atoms with E-state index in [4.69, 9.17) is 4.74 Å². The third kappa shape index (κ3) is 6.48. The maximum Gasteiger partial charge on any atom is 0.191 e. The van der Waals surface area contributed by atoms with Gasteiger partial charge in [-0.25, -0.2) is 0 Å². The Morgan fingerprint density at radius 1 is 1.17 bits per heavy atom. The molecule has 1 aromatic carbocycles. The molecule has 0 saturated heterocycles. The van der Waals surface area contributed by atoms with E-state index in [2.05, 4.69) is 21.7 Å². The van der Waals surface area contributed by atoms with Crippen molar-refractivity contribution < 1.29 is 9.84 Å². The average molecular weight is 321 g/mol. The molecule has 0 spiro atoms. The fourth-order valence-electron chi connectivity index (χ4n) is 2.27. The van der Waals surface area contributed by atoms with Gasteiger partial charge in [-0.1, -0.05) is 32.0 Å². The van der Waals surface area contributed by atoms with E-state index in [9.17, 15) is 5.11 Å². The zero-order valence-electron chi connectivity index (χ0n) is 14.9. The number of aliphatic hydroxyl groups is 1. The molecule has 5 nitrogen and oxygen atoms in total. The van der Waals surface area contributed by atoms with Gasteiger partial charge in [-0.3, -0.25) is 4.99 Å². The molecule has 0 aliphatic rings. The van der Waals surface area contributed by atoms with Gasteiger partial charge < -0.3 is 20.5 Å². The van der Waals surface area contributed by atoms with E-state index in [1.165, 1.54) is 0 Å². The number of nitrogens with one attached hydrogen (secondary N) is 2. The monoisotopic (exact) mass is 321 g/mol. The smallest absolute Gasteiger partial charge is 0.191 e. The molecule has 5 heteroatoms. The van der Waals surface area contributed by atoms with Crippen LogP contribution in [0.2, 0.25) is 0 Å². The molecule has 0 fully saturated rings. The van der Waals surface area contributed by atoms with Gasteiger partial charge in [0.1, 0.15) is 5.75 Å². The van der Waals surface area contributed by atoms with Crippen LogP contribution in [-0.2, 0) is 6.42 Å². The molecule has 3 N–H and O–H groups in total. The molecule has 0 atom stereocenters. The number of methoxy groups -OCH3 is 1. The van der Waals surface area contributed by atoms with Gasteiger partial charge in [0.25, 0.3) is 0 Å². The maximum atomic E-state index is 10.3. The van der Waals surface area contributed by atoms with E-state index in [1.807, 2.05) is 39.0 Å². The number of benzene rings is 1. The van der Waals surface area contributed by atoms with Crippen LogP contribution in [0.25, 0.3) is 0 Å². The van der Waals surface area contributed by atoms with Gasteiger partial charge in [-0.15, -0.1) is 0 Å². The Bertz CT molecular complexity index is 485. The summed E-state index contributed by atoms with van der Waals surface area (Å²) in [5.41, 5.74) is 0.447. The lowest BCUT2D eigenvalue weighted by atomic mass is 9.98. The molecule has 0 heterocycles. The van der Waals surface area contributed by atoms with E-state index < -0.39 is 5.60 Å². The van der Waals surface area contributed by atoms with Crippen molar-refractivity contribution in [1.82, 2.24) is 10.6 Å². The maximum absolute atomic E-state index is 10.3. The number of nitrogens with zero attached hydrogens (tertiary/aromatic N) is 1. The minimum atomic E-state index is -0.717. The van der Waals surface area contributed by atoms with Crippen molar-refractivity contribution in [2.45, 2.75) is 45.6 Å². The van der Waals surface area contributed by atoms with Gasteiger partial charge in [0.15, 0.2) is 5.96 Å². The fourth-order valence-corrected chi connectivity index (χ4v) is 2.27. The number of hydrogen-bond donors (Lipinski definition) is 3. The molecule has 0 radical (unpaired) electrons. The third-order valence-electron chi connectivity index (χ3n) is 4.07. The SMILES string of the molecule is CCNC(=NCC(O)(CC)CC)NCCc1ccccc1OC. The summed E-state index contributed by atoms with van der Waals surface area (Å²) in [7, 11) is 1.69. The molecule has 0 amide bonds. The van der Waals surface area contributed by atoms with E-state index >= 15 is 0 Å². The van der Waals surface area contributed by atoms with Gasteiger partial charge in [0.2, 0.25) is 0 Å². The van der Waals surface area contributed by atoms with E-state index in [-0.39, 0.29) is 0 Å². The summed E-state index contributed by atoms with van der Waals surface area (Å²) < 4.78 is 5.36. The van der Waals surface area contributed by atoms with Crippen molar-refractivity contribution in [2.75, 3.05) is 26.7 Å². The Balaban J connectivity index is 2.59. The zero-order valence-corrected chi connectivity index (χ0v) is 14.9. The van der Waals surface area contributed by atoms with Gasteiger partial charge in [-0.05, 0) is 37.8 Å². The highest BCUT2D eigenvalue weighted by atomic mass is 16.5. The van der Waals surface area contributed by atoms with Crippen molar-refractivity contribution in [3.05, 3.63) is 29.8 Å². The van der Waals surface area contributed by atoms with Gasteiger partial charge in [0.05, 0.1) is 19.3 Å². The second kappa shape index (κ2) is 10.1. The summed E-state index contributed by atoms with van der Waals surface area (Å²) in [5, 5.41) is 16.9. The number of para-hydroxylation sites is 1. The van der Waals surface area contributed by atoms with Crippen molar-refractivity contribution in [3.8, 4) is 5.75 Å².